The summed E-state index contributed by atoms with van der Waals surface area (Å²) >= 11 is 3.42. The highest BCUT2D eigenvalue weighted by Crippen LogP contribution is 2.24. The molecule has 0 aliphatic carbocycles. The molecule has 2 rings (SSSR count). The van der Waals surface area contributed by atoms with Crippen LogP contribution < -0.4 is 0 Å². The van der Waals surface area contributed by atoms with Crippen molar-refractivity contribution in [3.63, 3.8) is 0 Å². The summed E-state index contributed by atoms with van der Waals surface area (Å²) in [4.78, 5) is 14.6. The van der Waals surface area contributed by atoms with Crippen LogP contribution in [0, 0.1) is 0 Å². The van der Waals surface area contributed by atoms with Gasteiger partial charge in [0.25, 0.3) is 0 Å². The molecule has 0 unspecified atom stereocenters. The number of aldehydes is 1. The van der Waals surface area contributed by atoms with Gasteiger partial charge in [0, 0.05) is 16.1 Å². The van der Waals surface area contributed by atoms with Crippen molar-refractivity contribution >= 4 is 33.0 Å². The first-order chi connectivity index (χ1) is 6.33. The summed E-state index contributed by atoms with van der Waals surface area (Å²) in [5, 5.41) is 1.89. The Balaban J connectivity index is 2.92. The Morgan fingerprint density at radius 1 is 1.23 bits per heavy atom. The summed E-state index contributed by atoms with van der Waals surface area (Å²) in [6.45, 7) is 0. The topological polar surface area (TPSA) is 30.0 Å². The van der Waals surface area contributed by atoms with Crippen LogP contribution in [0.5, 0.6) is 0 Å². The van der Waals surface area contributed by atoms with Gasteiger partial charge in [0.1, 0.15) is 5.69 Å². The zero-order valence-corrected chi connectivity index (χ0v) is 8.28. The third-order valence-corrected chi connectivity index (χ3v) is 2.59. The highest BCUT2D eigenvalue weighted by atomic mass is 79.9. The molecule has 0 spiro atoms. The van der Waals surface area contributed by atoms with Crippen LogP contribution in [0.15, 0.2) is 34.9 Å². The van der Waals surface area contributed by atoms with Gasteiger partial charge in [-0.05, 0) is 17.5 Å². The number of pyridine rings is 1. The van der Waals surface area contributed by atoms with E-state index in [0.717, 1.165) is 21.5 Å². The fourth-order valence-corrected chi connectivity index (χ4v) is 1.78. The number of carbonyl (C=O) groups excluding carboxylic acids is 1. The quantitative estimate of drug-likeness (QED) is 0.712. The maximum Gasteiger partial charge on any atom is 0.169 e. The Bertz CT molecular complexity index is 467. The van der Waals surface area contributed by atoms with Crippen LogP contribution in [0.4, 0.5) is 0 Å². The van der Waals surface area contributed by atoms with E-state index in [9.17, 15) is 4.79 Å². The predicted octanol–water partition coefficient (Wildman–Crippen LogP) is 2.81. The monoisotopic (exact) mass is 235 g/mol. The number of fused-ring (bicyclic) bond motifs is 1. The van der Waals surface area contributed by atoms with E-state index in [2.05, 4.69) is 20.9 Å². The highest BCUT2D eigenvalue weighted by molar-refractivity contribution is 9.10. The first-order valence-corrected chi connectivity index (χ1v) is 4.60. The maximum absolute atomic E-state index is 10.7. The second kappa shape index (κ2) is 3.26. The predicted molar refractivity (Wildman–Crippen MR) is 54.8 cm³/mol. The summed E-state index contributed by atoms with van der Waals surface area (Å²) in [6.07, 6.45) is 2.41. The molecule has 0 saturated carbocycles. The largest absolute Gasteiger partial charge is 0.296 e. The summed E-state index contributed by atoms with van der Waals surface area (Å²) < 4.78 is 0.982. The lowest BCUT2D eigenvalue weighted by atomic mass is 10.1. The Hall–Kier alpha value is -1.22. The van der Waals surface area contributed by atoms with Gasteiger partial charge in [0.05, 0.1) is 0 Å². The molecule has 2 nitrogen and oxygen atoms in total. The van der Waals surface area contributed by atoms with Crippen LogP contribution in [0.2, 0.25) is 0 Å². The molecule has 0 fully saturated rings. The van der Waals surface area contributed by atoms with Crippen molar-refractivity contribution in [3.05, 3.63) is 40.6 Å². The number of nitrogens with zero attached hydrogens (tertiary/aromatic N) is 1. The average molecular weight is 236 g/mol. The maximum atomic E-state index is 10.7. The van der Waals surface area contributed by atoms with E-state index in [0.29, 0.717) is 5.69 Å². The number of carbonyl (C=O) groups is 1. The fourth-order valence-electron chi connectivity index (χ4n) is 1.29. The molecule has 0 N–H and O–H groups in total. The van der Waals surface area contributed by atoms with Gasteiger partial charge in [0.15, 0.2) is 6.29 Å². The Labute approximate surface area is 83.7 Å². The van der Waals surface area contributed by atoms with Gasteiger partial charge in [-0.25, -0.2) is 0 Å². The van der Waals surface area contributed by atoms with Crippen LogP contribution in [-0.2, 0) is 0 Å². The van der Waals surface area contributed by atoms with Crippen LogP contribution >= 0.6 is 15.9 Å². The van der Waals surface area contributed by atoms with Gasteiger partial charge in [-0.15, -0.1) is 0 Å². The zero-order chi connectivity index (χ0) is 9.26. The fraction of sp³-hybridized carbons (Fsp3) is 0. The Morgan fingerprint density at radius 3 is 2.85 bits per heavy atom. The minimum absolute atomic E-state index is 0.485. The van der Waals surface area contributed by atoms with E-state index in [1.807, 2.05) is 24.3 Å². The Morgan fingerprint density at radius 2 is 2.08 bits per heavy atom. The third-order valence-electron chi connectivity index (χ3n) is 1.90. The molecule has 0 radical (unpaired) electrons. The number of benzene rings is 1. The number of aromatic nitrogens is 1. The molecular formula is C10H6BrNO. The van der Waals surface area contributed by atoms with Crippen LogP contribution in [0.1, 0.15) is 10.5 Å². The molecule has 0 aliphatic heterocycles. The first-order valence-electron chi connectivity index (χ1n) is 3.81. The number of halogens is 1. The van der Waals surface area contributed by atoms with E-state index in [1.54, 1.807) is 6.20 Å². The van der Waals surface area contributed by atoms with Crippen molar-refractivity contribution in [2.45, 2.75) is 0 Å². The van der Waals surface area contributed by atoms with Crippen molar-refractivity contribution in [2.24, 2.45) is 0 Å². The lowest BCUT2D eigenvalue weighted by Gasteiger charge is -2.00. The highest BCUT2D eigenvalue weighted by Gasteiger charge is 2.02. The molecule has 0 amide bonds. The molecule has 0 atom stereocenters. The molecule has 0 aliphatic rings. The summed E-state index contributed by atoms with van der Waals surface area (Å²) in [7, 11) is 0. The third kappa shape index (κ3) is 1.35. The minimum Gasteiger partial charge on any atom is -0.296 e. The molecule has 0 saturated heterocycles. The second-order valence-corrected chi connectivity index (χ2v) is 3.50. The van der Waals surface area contributed by atoms with E-state index in [4.69, 9.17) is 0 Å². The summed E-state index contributed by atoms with van der Waals surface area (Å²) in [5.74, 6) is 0. The Kier molecular flexibility index (Phi) is 2.10. The van der Waals surface area contributed by atoms with E-state index in [-0.39, 0.29) is 0 Å². The molecule has 0 bridgehead atoms. The lowest BCUT2D eigenvalue weighted by Crippen LogP contribution is -1.88. The molecule has 64 valence electrons. The van der Waals surface area contributed by atoms with Crippen molar-refractivity contribution in [1.29, 1.82) is 0 Å². The van der Waals surface area contributed by atoms with Crippen molar-refractivity contribution < 1.29 is 4.79 Å². The summed E-state index contributed by atoms with van der Waals surface area (Å²) in [6, 6.07) is 7.60. The van der Waals surface area contributed by atoms with Gasteiger partial charge in [-0.2, -0.15) is 0 Å². The second-order valence-electron chi connectivity index (χ2n) is 2.65. The van der Waals surface area contributed by atoms with Crippen molar-refractivity contribution in [1.82, 2.24) is 4.98 Å². The first kappa shape index (κ1) is 8.38. The summed E-state index contributed by atoms with van der Waals surface area (Å²) in [5.41, 5.74) is 0.485. The number of hydrogen-bond donors (Lipinski definition) is 0. The molecule has 1 aromatic carbocycles. The molecule has 2 aromatic rings. The standard InChI is InChI=1S/C10H6BrNO/c11-9-3-1-2-8-7(9)4-5-12-10(8)6-13/h1-6H. The van der Waals surface area contributed by atoms with Crippen molar-refractivity contribution in [3.8, 4) is 0 Å². The van der Waals surface area contributed by atoms with Gasteiger partial charge >= 0.3 is 0 Å². The van der Waals surface area contributed by atoms with Gasteiger partial charge in [-0.3, -0.25) is 9.78 Å². The van der Waals surface area contributed by atoms with Crippen LogP contribution in [0.3, 0.4) is 0 Å². The number of hydrogen-bond acceptors (Lipinski definition) is 2. The van der Waals surface area contributed by atoms with Gasteiger partial charge < -0.3 is 0 Å². The molecule has 1 aromatic heterocycles. The molecule has 13 heavy (non-hydrogen) atoms. The van der Waals surface area contributed by atoms with E-state index < -0.39 is 0 Å². The van der Waals surface area contributed by atoms with Gasteiger partial charge in [-0.1, -0.05) is 28.1 Å². The number of rotatable bonds is 1. The smallest absolute Gasteiger partial charge is 0.169 e. The van der Waals surface area contributed by atoms with E-state index >= 15 is 0 Å². The zero-order valence-electron chi connectivity index (χ0n) is 6.70. The van der Waals surface area contributed by atoms with E-state index in [1.165, 1.54) is 0 Å². The van der Waals surface area contributed by atoms with Crippen LogP contribution in [0.25, 0.3) is 10.8 Å². The minimum atomic E-state index is 0.485. The van der Waals surface area contributed by atoms with Crippen molar-refractivity contribution in [2.75, 3.05) is 0 Å². The molecular weight excluding hydrogens is 230 g/mol. The van der Waals surface area contributed by atoms with Crippen LogP contribution in [-0.4, -0.2) is 11.3 Å². The van der Waals surface area contributed by atoms with Gasteiger partial charge in [0.2, 0.25) is 0 Å². The normalized spacial score (nSPS) is 10.2. The SMILES string of the molecule is O=Cc1nccc2c(Br)cccc12. The molecule has 1 heterocycles. The average Bonchev–Trinajstić information content (AvgIpc) is 2.18. The lowest BCUT2D eigenvalue weighted by molar-refractivity contribution is 0.112. The molecule has 3 heteroatoms.